The third-order valence-electron chi connectivity index (χ3n) is 2.58. The maximum Gasteiger partial charge on any atom is 0.238 e. The average Bonchev–Trinajstić information content (AvgIpc) is 2.72. The Balaban J connectivity index is 2.27. The number of primary sulfonamides is 1. The van der Waals surface area contributed by atoms with Gasteiger partial charge in [0.15, 0.2) is 5.75 Å². The van der Waals surface area contributed by atoms with Crippen molar-refractivity contribution in [2.45, 2.75) is 11.5 Å². The minimum atomic E-state index is -3.87. The van der Waals surface area contributed by atoms with E-state index in [0.29, 0.717) is 0 Å². The first-order chi connectivity index (χ1) is 9.29. The zero-order valence-corrected chi connectivity index (χ0v) is 12.7. The molecule has 0 saturated heterocycles. The summed E-state index contributed by atoms with van der Waals surface area (Å²) >= 11 is 11.9. The molecule has 1 aromatic heterocycles. The van der Waals surface area contributed by atoms with Gasteiger partial charge in [-0.3, -0.25) is 0 Å². The van der Waals surface area contributed by atoms with Crippen LogP contribution < -0.4 is 9.88 Å². The Morgan fingerprint density at radius 1 is 1.35 bits per heavy atom. The third kappa shape index (κ3) is 3.24. The van der Waals surface area contributed by atoms with E-state index in [-0.39, 0.29) is 27.3 Å². The fraction of sp³-hybridized carbons (Fsp3) is 0.182. The summed E-state index contributed by atoms with van der Waals surface area (Å²) in [7, 11) is -2.05. The van der Waals surface area contributed by atoms with Gasteiger partial charge in [-0.25, -0.2) is 18.5 Å². The van der Waals surface area contributed by atoms with Gasteiger partial charge in [0, 0.05) is 7.05 Å². The van der Waals surface area contributed by atoms with Crippen LogP contribution >= 0.6 is 23.2 Å². The molecule has 9 heteroatoms. The molecule has 108 valence electrons. The van der Waals surface area contributed by atoms with Crippen LogP contribution in [-0.4, -0.2) is 18.0 Å². The number of sulfonamides is 1. The van der Waals surface area contributed by atoms with Crippen LogP contribution in [0, 0.1) is 0 Å². The van der Waals surface area contributed by atoms with Gasteiger partial charge in [-0.1, -0.05) is 23.2 Å². The minimum absolute atomic E-state index is 0.0729. The van der Waals surface area contributed by atoms with Crippen molar-refractivity contribution < 1.29 is 13.2 Å². The number of ether oxygens (including phenoxy) is 1. The van der Waals surface area contributed by atoms with Gasteiger partial charge in [0.2, 0.25) is 10.0 Å². The Labute approximate surface area is 126 Å². The Kier molecular flexibility index (Phi) is 4.24. The molecule has 0 aliphatic heterocycles. The molecule has 0 unspecified atom stereocenters. The number of aromatic nitrogens is 2. The zero-order valence-electron chi connectivity index (χ0n) is 10.4. The molecule has 0 radical (unpaired) electrons. The summed E-state index contributed by atoms with van der Waals surface area (Å²) in [4.78, 5) is 3.78. The van der Waals surface area contributed by atoms with Crippen molar-refractivity contribution in [3.05, 3.63) is 40.4 Å². The van der Waals surface area contributed by atoms with Gasteiger partial charge in [-0.05, 0) is 12.1 Å². The molecule has 2 N–H and O–H groups in total. The number of benzene rings is 1. The van der Waals surface area contributed by atoms with E-state index in [1.165, 1.54) is 12.1 Å². The van der Waals surface area contributed by atoms with Crippen LogP contribution in [0.15, 0.2) is 29.6 Å². The number of hydrogen-bond donors (Lipinski definition) is 1. The van der Waals surface area contributed by atoms with Crippen molar-refractivity contribution in [1.82, 2.24) is 9.55 Å². The van der Waals surface area contributed by atoms with Gasteiger partial charge in [-0.2, -0.15) is 0 Å². The van der Waals surface area contributed by atoms with Crippen molar-refractivity contribution in [1.29, 1.82) is 0 Å². The van der Waals surface area contributed by atoms with Crippen molar-refractivity contribution in [2.24, 2.45) is 12.2 Å². The summed E-state index contributed by atoms with van der Waals surface area (Å²) in [6.45, 7) is 0.199. The second kappa shape index (κ2) is 5.61. The van der Waals surface area contributed by atoms with E-state index in [9.17, 15) is 8.42 Å². The molecule has 2 aromatic rings. The molecular weight excluding hydrogens is 325 g/mol. The molecule has 20 heavy (non-hydrogen) atoms. The normalized spacial score (nSPS) is 11.6. The number of nitrogens with zero attached hydrogens (tertiary/aromatic N) is 2. The number of hydrogen-bond acceptors (Lipinski definition) is 4. The lowest BCUT2D eigenvalue weighted by atomic mass is 10.3. The van der Waals surface area contributed by atoms with E-state index < -0.39 is 10.0 Å². The van der Waals surface area contributed by atoms with Gasteiger partial charge in [-0.15, -0.1) is 0 Å². The van der Waals surface area contributed by atoms with E-state index in [1.807, 2.05) is 7.05 Å². The Hall–Kier alpha value is -1.28. The molecule has 0 bridgehead atoms. The predicted octanol–water partition coefficient (Wildman–Crippen LogP) is 1.95. The van der Waals surface area contributed by atoms with Gasteiger partial charge < -0.3 is 9.30 Å². The fourth-order valence-electron chi connectivity index (χ4n) is 1.51. The number of imidazole rings is 1. The molecule has 0 spiro atoms. The van der Waals surface area contributed by atoms with Gasteiger partial charge in [0.25, 0.3) is 0 Å². The smallest absolute Gasteiger partial charge is 0.238 e. The lowest BCUT2D eigenvalue weighted by Crippen LogP contribution is -2.12. The standard InChI is InChI=1S/C11H11Cl2N3O3S/c1-16-6-15-4-7(16)5-19-11-9(12)2-8(3-10(11)13)20(14,17)18/h2-4,6H,5H2,1H3,(H2,14,17,18). The quantitative estimate of drug-likeness (QED) is 0.924. The second-order valence-electron chi connectivity index (χ2n) is 4.05. The van der Waals surface area contributed by atoms with Crippen molar-refractivity contribution in [3.8, 4) is 5.75 Å². The lowest BCUT2D eigenvalue weighted by Gasteiger charge is -2.11. The molecule has 0 aliphatic carbocycles. The van der Waals surface area contributed by atoms with Crippen molar-refractivity contribution in [2.75, 3.05) is 0 Å². The monoisotopic (exact) mass is 335 g/mol. The second-order valence-corrected chi connectivity index (χ2v) is 6.42. The third-order valence-corrected chi connectivity index (χ3v) is 4.04. The maximum absolute atomic E-state index is 11.2. The van der Waals surface area contributed by atoms with Gasteiger partial charge in [0.1, 0.15) is 6.61 Å². The highest BCUT2D eigenvalue weighted by atomic mass is 35.5. The predicted molar refractivity (Wildman–Crippen MR) is 75.4 cm³/mol. The first kappa shape index (κ1) is 15.1. The molecule has 1 heterocycles. The summed E-state index contributed by atoms with van der Waals surface area (Å²) in [5.74, 6) is 0.196. The van der Waals surface area contributed by atoms with Crippen molar-refractivity contribution >= 4 is 33.2 Å². The van der Waals surface area contributed by atoms with Gasteiger partial charge in [0.05, 0.1) is 33.2 Å². The van der Waals surface area contributed by atoms with Crippen LogP contribution in [0.2, 0.25) is 10.0 Å². The van der Waals surface area contributed by atoms with E-state index in [0.717, 1.165) is 5.69 Å². The summed E-state index contributed by atoms with van der Waals surface area (Å²) in [6.07, 6.45) is 3.27. The van der Waals surface area contributed by atoms with E-state index in [1.54, 1.807) is 17.1 Å². The fourth-order valence-corrected chi connectivity index (χ4v) is 2.80. The Bertz CT molecular complexity index is 720. The molecule has 0 fully saturated rings. The number of halogens is 2. The highest BCUT2D eigenvalue weighted by Gasteiger charge is 2.16. The summed E-state index contributed by atoms with van der Waals surface area (Å²) in [6, 6.07) is 2.39. The highest BCUT2D eigenvalue weighted by molar-refractivity contribution is 7.89. The molecule has 1 aromatic carbocycles. The Morgan fingerprint density at radius 2 is 1.95 bits per heavy atom. The highest BCUT2D eigenvalue weighted by Crippen LogP contribution is 2.35. The first-order valence-electron chi connectivity index (χ1n) is 5.39. The number of rotatable bonds is 4. The maximum atomic E-state index is 11.2. The van der Waals surface area contributed by atoms with E-state index in [4.69, 9.17) is 33.1 Å². The summed E-state index contributed by atoms with van der Waals surface area (Å²) in [5, 5.41) is 5.16. The number of nitrogens with two attached hydrogens (primary N) is 1. The lowest BCUT2D eigenvalue weighted by molar-refractivity contribution is 0.297. The molecular formula is C11H11Cl2N3O3S. The van der Waals surface area contributed by atoms with Crippen LogP contribution in [0.1, 0.15) is 5.69 Å². The van der Waals surface area contributed by atoms with Crippen LogP contribution in [-0.2, 0) is 23.7 Å². The Morgan fingerprint density at radius 3 is 2.40 bits per heavy atom. The summed E-state index contributed by atoms with van der Waals surface area (Å²) in [5.41, 5.74) is 0.813. The van der Waals surface area contributed by atoms with Crippen LogP contribution in [0.25, 0.3) is 0 Å². The topological polar surface area (TPSA) is 87.2 Å². The molecule has 0 atom stereocenters. The molecule has 0 saturated carbocycles. The SMILES string of the molecule is Cn1cncc1COc1c(Cl)cc(S(N)(=O)=O)cc1Cl. The van der Waals surface area contributed by atoms with Crippen molar-refractivity contribution in [3.63, 3.8) is 0 Å². The largest absolute Gasteiger partial charge is 0.484 e. The minimum Gasteiger partial charge on any atom is -0.484 e. The number of aryl methyl sites for hydroxylation is 1. The van der Waals surface area contributed by atoms with Crippen LogP contribution in [0.4, 0.5) is 0 Å². The van der Waals surface area contributed by atoms with Crippen LogP contribution in [0.3, 0.4) is 0 Å². The summed E-state index contributed by atoms with van der Waals surface area (Å²) < 4.78 is 29.8. The zero-order chi connectivity index (χ0) is 14.9. The van der Waals surface area contributed by atoms with E-state index >= 15 is 0 Å². The molecule has 0 amide bonds. The van der Waals surface area contributed by atoms with Gasteiger partial charge >= 0.3 is 0 Å². The van der Waals surface area contributed by atoms with Crippen LogP contribution in [0.5, 0.6) is 5.75 Å². The first-order valence-corrected chi connectivity index (χ1v) is 7.69. The molecule has 6 nitrogen and oxygen atoms in total. The molecule has 2 rings (SSSR count). The molecule has 0 aliphatic rings. The van der Waals surface area contributed by atoms with E-state index in [2.05, 4.69) is 4.98 Å². The average molecular weight is 336 g/mol.